The molecule has 6 nitrogen and oxygen atoms in total. The van der Waals surface area contributed by atoms with Crippen LogP contribution in [0.4, 0.5) is 5.13 Å². The molecule has 1 N–H and O–H groups in total. The van der Waals surface area contributed by atoms with Gasteiger partial charge in [-0.25, -0.2) is 4.98 Å². The zero-order valence-corrected chi connectivity index (χ0v) is 22.1. The van der Waals surface area contributed by atoms with Gasteiger partial charge in [0.2, 0.25) is 0 Å². The molecule has 3 aromatic carbocycles. The molecule has 36 heavy (non-hydrogen) atoms. The number of halogens is 1. The molecule has 1 aromatic heterocycles. The summed E-state index contributed by atoms with van der Waals surface area (Å²) in [6, 6.07) is 19.3. The second-order valence-corrected chi connectivity index (χ2v) is 10.5. The summed E-state index contributed by atoms with van der Waals surface area (Å²) in [5.41, 5.74) is 2.98. The molecule has 0 radical (unpaired) electrons. The van der Waals surface area contributed by atoms with Gasteiger partial charge in [0, 0.05) is 10.0 Å². The molecule has 1 aliphatic rings. The van der Waals surface area contributed by atoms with Crippen molar-refractivity contribution in [3.63, 3.8) is 0 Å². The lowest BCUT2D eigenvalue weighted by Gasteiger charge is -2.23. The maximum absolute atomic E-state index is 13.4. The van der Waals surface area contributed by atoms with E-state index < -0.39 is 17.7 Å². The molecule has 2 heterocycles. The molecule has 1 fully saturated rings. The number of ketones is 1. The SMILES string of the molecule is CCCOc1ccc(/C(O)=C2\C(=O)C(=O)N(c3nc4ccc(C)cc4s3)C2c2ccc(Br)cc2)cc1. The highest BCUT2D eigenvalue weighted by atomic mass is 79.9. The zero-order valence-electron chi connectivity index (χ0n) is 19.7. The first-order valence-corrected chi connectivity index (χ1v) is 13.1. The summed E-state index contributed by atoms with van der Waals surface area (Å²) >= 11 is 4.79. The average molecular weight is 563 g/mol. The van der Waals surface area contributed by atoms with Crippen LogP contribution in [0.1, 0.15) is 36.1 Å². The van der Waals surface area contributed by atoms with Crippen LogP contribution >= 0.6 is 27.3 Å². The van der Waals surface area contributed by atoms with Gasteiger partial charge in [-0.3, -0.25) is 14.5 Å². The number of hydrogen-bond donors (Lipinski definition) is 1. The molecule has 1 unspecified atom stereocenters. The number of aliphatic hydroxyl groups excluding tert-OH is 1. The van der Waals surface area contributed by atoms with E-state index in [1.54, 1.807) is 24.3 Å². The number of aryl methyl sites for hydroxylation is 1. The first-order chi connectivity index (χ1) is 17.4. The summed E-state index contributed by atoms with van der Waals surface area (Å²) in [4.78, 5) is 32.8. The molecule has 0 aliphatic carbocycles. The van der Waals surface area contributed by atoms with Crippen molar-refractivity contribution in [2.75, 3.05) is 11.5 Å². The van der Waals surface area contributed by atoms with E-state index >= 15 is 0 Å². The number of rotatable bonds is 6. The van der Waals surface area contributed by atoms with E-state index in [1.807, 2.05) is 56.3 Å². The van der Waals surface area contributed by atoms with Crippen molar-refractivity contribution in [2.45, 2.75) is 26.3 Å². The Morgan fingerprint density at radius 3 is 2.50 bits per heavy atom. The minimum absolute atomic E-state index is 0.0278. The van der Waals surface area contributed by atoms with Crippen molar-refractivity contribution in [1.29, 1.82) is 0 Å². The number of thiazole rings is 1. The normalized spacial score (nSPS) is 17.2. The number of fused-ring (bicyclic) bond motifs is 1. The van der Waals surface area contributed by atoms with Gasteiger partial charge in [0.15, 0.2) is 5.13 Å². The van der Waals surface area contributed by atoms with Crippen LogP contribution in [0.2, 0.25) is 0 Å². The number of carbonyl (C=O) groups excluding carboxylic acids is 2. The lowest BCUT2D eigenvalue weighted by Crippen LogP contribution is -2.29. The van der Waals surface area contributed by atoms with Crippen LogP contribution < -0.4 is 9.64 Å². The van der Waals surface area contributed by atoms with Crippen molar-refractivity contribution in [2.24, 2.45) is 0 Å². The first-order valence-electron chi connectivity index (χ1n) is 11.5. The molecule has 1 aliphatic heterocycles. The van der Waals surface area contributed by atoms with Gasteiger partial charge in [-0.15, -0.1) is 0 Å². The predicted octanol–water partition coefficient (Wildman–Crippen LogP) is 6.78. The quantitative estimate of drug-likeness (QED) is 0.159. The second kappa shape index (κ2) is 9.87. The fraction of sp³-hybridized carbons (Fsp3) is 0.179. The van der Waals surface area contributed by atoms with Crippen LogP contribution in [0.25, 0.3) is 16.0 Å². The van der Waals surface area contributed by atoms with Crippen molar-refractivity contribution < 1.29 is 19.4 Å². The zero-order chi connectivity index (χ0) is 25.4. The van der Waals surface area contributed by atoms with Crippen molar-refractivity contribution >= 4 is 60.1 Å². The second-order valence-electron chi connectivity index (χ2n) is 8.56. The van der Waals surface area contributed by atoms with Crippen LogP contribution in [0.15, 0.2) is 76.8 Å². The van der Waals surface area contributed by atoms with E-state index in [9.17, 15) is 14.7 Å². The Labute approximate surface area is 221 Å². The Kier molecular flexibility index (Phi) is 6.64. The average Bonchev–Trinajstić information content (AvgIpc) is 3.40. The molecule has 4 aromatic rings. The highest BCUT2D eigenvalue weighted by Gasteiger charge is 2.48. The molecule has 1 amide bonds. The predicted molar refractivity (Wildman–Crippen MR) is 146 cm³/mol. The Morgan fingerprint density at radius 1 is 1.08 bits per heavy atom. The molecule has 1 saturated heterocycles. The molecule has 0 bridgehead atoms. The minimum atomic E-state index is -0.823. The van der Waals surface area contributed by atoms with Crippen LogP contribution in [0, 0.1) is 6.92 Å². The largest absolute Gasteiger partial charge is 0.507 e. The molecule has 182 valence electrons. The number of benzene rings is 3. The maximum atomic E-state index is 13.4. The minimum Gasteiger partial charge on any atom is -0.507 e. The lowest BCUT2D eigenvalue weighted by atomic mass is 9.95. The van der Waals surface area contributed by atoms with E-state index in [0.717, 1.165) is 26.7 Å². The number of hydrogen-bond acceptors (Lipinski definition) is 6. The Morgan fingerprint density at radius 2 is 1.81 bits per heavy atom. The smallest absolute Gasteiger partial charge is 0.301 e. The summed E-state index contributed by atoms with van der Waals surface area (Å²) in [6.45, 7) is 4.60. The Bertz CT molecular complexity index is 1490. The van der Waals surface area contributed by atoms with Crippen LogP contribution in [0.5, 0.6) is 5.75 Å². The van der Waals surface area contributed by atoms with Crippen molar-refractivity contribution in [3.8, 4) is 5.75 Å². The van der Waals surface area contributed by atoms with Gasteiger partial charge in [0.25, 0.3) is 5.78 Å². The standard InChI is InChI=1S/C28H23BrN2O4S/c1-3-14-35-20-11-7-18(8-12-20)25(32)23-24(17-5-9-19(29)10-6-17)31(27(34)26(23)33)28-30-21-13-4-16(2)15-22(21)36-28/h4-13,15,24,32H,3,14H2,1-2H3/b25-23+. The monoisotopic (exact) mass is 562 g/mol. The first kappa shape index (κ1) is 24.2. The number of aromatic nitrogens is 1. The number of nitrogens with zero attached hydrogens (tertiary/aromatic N) is 2. The van der Waals surface area contributed by atoms with Gasteiger partial charge in [-0.2, -0.15) is 0 Å². The fourth-order valence-electron chi connectivity index (χ4n) is 4.20. The third-order valence-corrected chi connectivity index (χ3v) is 7.52. The van der Waals surface area contributed by atoms with E-state index in [1.165, 1.54) is 16.2 Å². The van der Waals surface area contributed by atoms with Gasteiger partial charge in [-0.1, -0.05) is 52.4 Å². The van der Waals surface area contributed by atoms with Gasteiger partial charge < -0.3 is 9.84 Å². The number of ether oxygens (including phenoxy) is 1. The van der Waals surface area contributed by atoms with Gasteiger partial charge in [0.05, 0.1) is 28.4 Å². The molecule has 0 spiro atoms. The summed E-state index contributed by atoms with van der Waals surface area (Å²) in [6.07, 6.45) is 0.879. The van der Waals surface area contributed by atoms with E-state index in [0.29, 0.717) is 28.6 Å². The number of aliphatic hydroxyl groups is 1. The third-order valence-electron chi connectivity index (χ3n) is 5.97. The molecule has 0 saturated carbocycles. The Balaban J connectivity index is 1.65. The van der Waals surface area contributed by atoms with Crippen molar-refractivity contribution in [3.05, 3.63) is 93.5 Å². The maximum Gasteiger partial charge on any atom is 0.301 e. The third kappa shape index (κ3) is 4.42. The number of anilines is 1. The van der Waals surface area contributed by atoms with Crippen molar-refractivity contribution in [1.82, 2.24) is 4.98 Å². The molecule has 5 rings (SSSR count). The van der Waals surface area contributed by atoms with E-state index in [-0.39, 0.29) is 11.3 Å². The number of carbonyl (C=O) groups is 2. The highest BCUT2D eigenvalue weighted by molar-refractivity contribution is 9.10. The summed E-state index contributed by atoms with van der Waals surface area (Å²) < 4.78 is 7.41. The molecular weight excluding hydrogens is 540 g/mol. The topological polar surface area (TPSA) is 79.7 Å². The van der Waals surface area contributed by atoms with Crippen LogP contribution in [-0.2, 0) is 9.59 Å². The molecule has 8 heteroatoms. The molecular formula is C28H23BrN2O4S. The summed E-state index contributed by atoms with van der Waals surface area (Å²) in [5, 5.41) is 11.7. The summed E-state index contributed by atoms with van der Waals surface area (Å²) in [7, 11) is 0. The fourth-order valence-corrected chi connectivity index (χ4v) is 5.55. The number of amides is 1. The van der Waals surface area contributed by atoms with E-state index in [4.69, 9.17) is 4.74 Å². The van der Waals surface area contributed by atoms with Crippen LogP contribution in [-0.4, -0.2) is 28.4 Å². The van der Waals surface area contributed by atoms with E-state index in [2.05, 4.69) is 20.9 Å². The van der Waals surface area contributed by atoms with Crippen LogP contribution in [0.3, 0.4) is 0 Å². The molecule has 1 atom stereocenters. The van der Waals surface area contributed by atoms with Gasteiger partial charge >= 0.3 is 5.91 Å². The summed E-state index contributed by atoms with van der Waals surface area (Å²) in [5.74, 6) is -1.03. The lowest BCUT2D eigenvalue weighted by molar-refractivity contribution is -0.132. The Hall–Kier alpha value is -3.49. The van der Waals surface area contributed by atoms with Gasteiger partial charge in [0.1, 0.15) is 11.5 Å². The number of Topliss-reactive ketones (excluding diaryl/α,β-unsaturated/α-hetero) is 1. The van der Waals surface area contributed by atoms with Gasteiger partial charge in [-0.05, 0) is 73.0 Å². The highest BCUT2D eigenvalue weighted by Crippen LogP contribution is 2.44.